The zero-order chi connectivity index (χ0) is 16.9. The van der Waals surface area contributed by atoms with E-state index < -0.39 is 0 Å². The molecule has 3 aromatic carbocycles. The van der Waals surface area contributed by atoms with E-state index in [0.29, 0.717) is 0 Å². The molecule has 0 saturated carbocycles. The molecule has 0 amide bonds. The molecule has 0 spiro atoms. The predicted molar refractivity (Wildman–Crippen MR) is 102 cm³/mol. The van der Waals surface area contributed by atoms with Crippen LogP contribution in [0.5, 0.6) is 5.75 Å². The fourth-order valence-electron chi connectivity index (χ4n) is 2.92. The van der Waals surface area contributed by atoms with E-state index in [1.54, 1.807) is 12.1 Å². The molecule has 0 radical (unpaired) electrons. The largest absolute Gasteiger partial charge is 0.508 e. The minimum Gasteiger partial charge on any atom is -0.508 e. The number of benzene rings is 3. The minimum absolute atomic E-state index is 0.270. The molecule has 0 unspecified atom stereocenters. The van der Waals surface area contributed by atoms with Crippen molar-refractivity contribution in [3.05, 3.63) is 101 Å². The number of phenolic OH excluding ortho intramolecular Hbond substituents is 1. The fraction of sp³-hybridized carbons (Fsp3) is 0.0909. The maximum absolute atomic E-state index is 9.62. The van der Waals surface area contributed by atoms with E-state index in [2.05, 4.69) is 31.2 Å². The summed E-state index contributed by atoms with van der Waals surface area (Å²) in [5.74, 6) is 0.270. The van der Waals surface area contributed by atoms with Crippen molar-refractivity contribution in [2.75, 3.05) is 0 Å². The lowest BCUT2D eigenvalue weighted by molar-refractivity contribution is 0.475. The molecule has 0 atom stereocenters. The summed E-state index contributed by atoms with van der Waals surface area (Å²) in [5, 5.41) is 10.3. The van der Waals surface area contributed by atoms with E-state index >= 15 is 0 Å². The van der Waals surface area contributed by atoms with Gasteiger partial charge in [0.25, 0.3) is 0 Å². The maximum Gasteiger partial charge on any atom is 0.115 e. The number of aromatic hydroxyl groups is 1. The number of halogens is 1. The van der Waals surface area contributed by atoms with Gasteiger partial charge in [-0.25, -0.2) is 0 Å². The number of allylic oxidation sites excluding steroid dienone is 1. The Hall–Kier alpha value is -2.51. The van der Waals surface area contributed by atoms with Crippen molar-refractivity contribution in [3.63, 3.8) is 0 Å². The first-order valence-electron chi connectivity index (χ1n) is 8.03. The minimum atomic E-state index is 0.270. The monoisotopic (exact) mass is 334 g/mol. The summed E-state index contributed by atoms with van der Waals surface area (Å²) < 4.78 is 0. The van der Waals surface area contributed by atoms with Gasteiger partial charge in [-0.1, -0.05) is 73.1 Å². The van der Waals surface area contributed by atoms with Crippen LogP contribution in [-0.2, 0) is 0 Å². The van der Waals surface area contributed by atoms with Gasteiger partial charge in [-0.2, -0.15) is 0 Å². The summed E-state index contributed by atoms with van der Waals surface area (Å²) in [5.41, 5.74) is 5.84. The highest BCUT2D eigenvalue weighted by atomic mass is 35.5. The second kappa shape index (κ2) is 7.37. The van der Waals surface area contributed by atoms with Crippen LogP contribution in [0.2, 0.25) is 5.02 Å². The molecule has 2 heteroatoms. The van der Waals surface area contributed by atoms with E-state index in [4.69, 9.17) is 11.6 Å². The van der Waals surface area contributed by atoms with E-state index in [9.17, 15) is 5.11 Å². The first-order valence-corrected chi connectivity index (χ1v) is 8.40. The highest BCUT2D eigenvalue weighted by molar-refractivity contribution is 6.30. The molecule has 0 aromatic heterocycles. The lowest BCUT2D eigenvalue weighted by Gasteiger charge is -2.16. The highest BCUT2D eigenvalue weighted by Crippen LogP contribution is 2.35. The van der Waals surface area contributed by atoms with Crippen molar-refractivity contribution in [1.82, 2.24) is 0 Å². The van der Waals surface area contributed by atoms with Crippen LogP contribution in [0.4, 0.5) is 0 Å². The molecule has 3 aromatic rings. The smallest absolute Gasteiger partial charge is 0.115 e. The van der Waals surface area contributed by atoms with Crippen molar-refractivity contribution in [3.8, 4) is 5.75 Å². The molecule has 120 valence electrons. The Morgan fingerprint density at radius 2 is 1.29 bits per heavy atom. The van der Waals surface area contributed by atoms with E-state index in [0.717, 1.165) is 22.6 Å². The third kappa shape index (κ3) is 3.52. The van der Waals surface area contributed by atoms with Crippen LogP contribution >= 0.6 is 11.6 Å². The summed E-state index contributed by atoms with van der Waals surface area (Å²) in [6, 6.07) is 25.7. The predicted octanol–water partition coefficient (Wildman–Crippen LogP) is 6.41. The summed E-state index contributed by atoms with van der Waals surface area (Å²) in [7, 11) is 0. The average Bonchev–Trinajstić information content (AvgIpc) is 2.62. The third-order valence-electron chi connectivity index (χ3n) is 4.07. The topological polar surface area (TPSA) is 20.2 Å². The van der Waals surface area contributed by atoms with E-state index in [-0.39, 0.29) is 5.75 Å². The quantitative estimate of drug-likeness (QED) is 0.546. The fourth-order valence-corrected chi connectivity index (χ4v) is 3.05. The molecule has 0 aliphatic rings. The molecule has 0 fully saturated rings. The van der Waals surface area contributed by atoms with Gasteiger partial charge in [0.05, 0.1) is 0 Å². The van der Waals surface area contributed by atoms with Crippen molar-refractivity contribution in [1.29, 1.82) is 0 Å². The van der Waals surface area contributed by atoms with Crippen LogP contribution in [0.15, 0.2) is 78.9 Å². The Balaban J connectivity index is 2.26. The van der Waals surface area contributed by atoms with Crippen LogP contribution in [0.25, 0.3) is 11.1 Å². The van der Waals surface area contributed by atoms with Crippen LogP contribution < -0.4 is 0 Å². The molecule has 0 aliphatic heterocycles. The van der Waals surface area contributed by atoms with Crippen LogP contribution in [0, 0.1) is 0 Å². The van der Waals surface area contributed by atoms with Crippen LogP contribution in [0.3, 0.4) is 0 Å². The van der Waals surface area contributed by atoms with Gasteiger partial charge in [0.15, 0.2) is 0 Å². The molecular weight excluding hydrogens is 316 g/mol. The van der Waals surface area contributed by atoms with Crippen molar-refractivity contribution in [2.45, 2.75) is 13.3 Å². The Morgan fingerprint density at radius 1 is 0.750 bits per heavy atom. The number of rotatable bonds is 4. The standard InChI is InChI=1S/C22H19ClO/c1-2-21(16-6-4-3-5-7-16)22(17-8-12-19(23)13-9-17)18-10-14-20(24)15-11-18/h3-15,24H,2H2,1H3/b22-21+. The van der Waals surface area contributed by atoms with Crippen molar-refractivity contribution < 1.29 is 5.11 Å². The molecular formula is C22H19ClO. The summed E-state index contributed by atoms with van der Waals surface area (Å²) in [6.45, 7) is 2.17. The SMILES string of the molecule is CC/C(=C(\c1ccc(O)cc1)c1ccc(Cl)cc1)c1ccccc1. The second-order valence-corrected chi connectivity index (χ2v) is 6.06. The van der Waals surface area contributed by atoms with Gasteiger partial charge in [-0.05, 0) is 58.5 Å². The zero-order valence-electron chi connectivity index (χ0n) is 13.5. The number of hydrogen-bond acceptors (Lipinski definition) is 1. The molecule has 0 heterocycles. The van der Waals surface area contributed by atoms with Gasteiger partial charge in [0.1, 0.15) is 5.75 Å². The van der Waals surface area contributed by atoms with Crippen molar-refractivity contribution >= 4 is 22.7 Å². The molecule has 24 heavy (non-hydrogen) atoms. The molecule has 0 saturated heterocycles. The Bertz CT molecular complexity index is 784. The maximum atomic E-state index is 9.62. The zero-order valence-corrected chi connectivity index (χ0v) is 14.3. The Morgan fingerprint density at radius 3 is 1.83 bits per heavy atom. The normalized spacial score (nSPS) is 11.9. The van der Waals surface area contributed by atoms with E-state index in [1.165, 1.54) is 16.7 Å². The average molecular weight is 335 g/mol. The van der Waals surface area contributed by atoms with Gasteiger partial charge in [0, 0.05) is 5.02 Å². The Labute approximate surface area is 147 Å². The van der Waals surface area contributed by atoms with E-state index in [1.807, 2.05) is 42.5 Å². The molecule has 0 bridgehead atoms. The number of hydrogen-bond donors (Lipinski definition) is 1. The lowest BCUT2D eigenvalue weighted by atomic mass is 9.88. The van der Waals surface area contributed by atoms with Gasteiger partial charge in [-0.15, -0.1) is 0 Å². The van der Waals surface area contributed by atoms with Gasteiger partial charge < -0.3 is 5.11 Å². The second-order valence-electron chi connectivity index (χ2n) is 5.63. The molecule has 3 rings (SSSR count). The third-order valence-corrected chi connectivity index (χ3v) is 4.32. The lowest BCUT2D eigenvalue weighted by Crippen LogP contribution is -1.94. The highest BCUT2D eigenvalue weighted by Gasteiger charge is 2.13. The van der Waals surface area contributed by atoms with Crippen LogP contribution in [0.1, 0.15) is 30.0 Å². The number of phenols is 1. The molecule has 1 N–H and O–H groups in total. The van der Waals surface area contributed by atoms with Gasteiger partial charge in [-0.3, -0.25) is 0 Å². The van der Waals surface area contributed by atoms with Gasteiger partial charge in [0.2, 0.25) is 0 Å². The molecule has 0 aliphatic carbocycles. The Kier molecular flexibility index (Phi) is 5.02. The first-order chi connectivity index (χ1) is 11.7. The first kappa shape index (κ1) is 16.4. The summed E-state index contributed by atoms with van der Waals surface area (Å²) in [4.78, 5) is 0. The van der Waals surface area contributed by atoms with Crippen LogP contribution in [-0.4, -0.2) is 5.11 Å². The van der Waals surface area contributed by atoms with Crippen molar-refractivity contribution in [2.24, 2.45) is 0 Å². The summed E-state index contributed by atoms with van der Waals surface area (Å²) >= 11 is 6.06. The van der Waals surface area contributed by atoms with Gasteiger partial charge >= 0.3 is 0 Å². The summed E-state index contributed by atoms with van der Waals surface area (Å²) in [6.07, 6.45) is 0.906. The molecule has 1 nitrogen and oxygen atoms in total.